The van der Waals surface area contributed by atoms with Crippen molar-refractivity contribution in [1.82, 2.24) is 4.90 Å². The van der Waals surface area contributed by atoms with Crippen molar-refractivity contribution in [2.45, 2.75) is 17.4 Å². The van der Waals surface area contributed by atoms with E-state index in [0.29, 0.717) is 13.0 Å². The highest BCUT2D eigenvalue weighted by atomic mass is 79.9. The monoisotopic (exact) mass is 223 g/mol. The number of halogens is 1. The molecule has 1 rings (SSSR count). The Labute approximate surface area is 72.9 Å². The van der Waals surface area contributed by atoms with Crippen LogP contribution in [0.5, 0.6) is 0 Å². The molecule has 0 saturated carbocycles. The summed E-state index contributed by atoms with van der Waals surface area (Å²) in [6, 6.07) is 0. The largest absolute Gasteiger partial charge is 0.465 e. The summed E-state index contributed by atoms with van der Waals surface area (Å²) in [5, 5.41) is 17.8. The highest BCUT2D eigenvalue weighted by Gasteiger charge is 2.27. The zero-order valence-electron chi connectivity index (χ0n) is 5.90. The van der Waals surface area contributed by atoms with Crippen LogP contribution >= 0.6 is 15.9 Å². The molecule has 4 nitrogen and oxygen atoms in total. The number of likely N-dealkylation sites (tertiary alicyclic amines) is 1. The SMILES string of the molecule is O=C(O)N1CCC(Br)C(O)C1. The smallest absolute Gasteiger partial charge is 0.407 e. The van der Waals surface area contributed by atoms with Gasteiger partial charge in [0, 0.05) is 11.4 Å². The highest BCUT2D eigenvalue weighted by Crippen LogP contribution is 2.17. The molecule has 2 N–H and O–H groups in total. The standard InChI is InChI=1S/C6H10BrNO3/c7-4-1-2-8(6(10)11)3-5(4)9/h4-5,9H,1-3H2,(H,10,11). The lowest BCUT2D eigenvalue weighted by molar-refractivity contribution is 0.0716. The van der Waals surface area contributed by atoms with Gasteiger partial charge in [0.2, 0.25) is 0 Å². The van der Waals surface area contributed by atoms with Crippen LogP contribution in [0.1, 0.15) is 6.42 Å². The number of alkyl halides is 1. The van der Waals surface area contributed by atoms with Crippen molar-refractivity contribution in [3.63, 3.8) is 0 Å². The van der Waals surface area contributed by atoms with Gasteiger partial charge in [0.15, 0.2) is 0 Å². The molecule has 5 heteroatoms. The molecule has 11 heavy (non-hydrogen) atoms. The molecule has 1 aliphatic rings. The Kier molecular flexibility index (Phi) is 2.72. The van der Waals surface area contributed by atoms with Gasteiger partial charge in [-0.15, -0.1) is 0 Å². The van der Waals surface area contributed by atoms with Crippen LogP contribution in [-0.2, 0) is 0 Å². The molecule has 2 unspecified atom stereocenters. The molecule has 0 aromatic heterocycles. The molecule has 0 aromatic carbocycles. The molecule has 0 aliphatic carbocycles. The molecular weight excluding hydrogens is 214 g/mol. The lowest BCUT2D eigenvalue weighted by Gasteiger charge is -2.31. The second-order valence-corrected chi connectivity index (χ2v) is 3.78. The number of hydrogen-bond donors (Lipinski definition) is 2. The average molecular weight is 224 g/mol. The van der Waals surface area contributed by atoms with E-state index in [4.69, 9.17) is 5.11 Å². The van der Waals surface area contributed by atoms with Crippen LogP contribution in [0.3, 0.4) is 0 Å². The molecule has 0 radical (unpaired) electrons. The van der Waals surface area contributed by atoms with Gasteiger partial charge in [-0.2, -0.15) is 0 Å². The van der Waals surface area contributed by atoms with Gasteiger partial charge in [-0.1, -0.05) is 15.9 Å². The van der Waals surface area contributed by atoms with E-state index in [9.17, 15) is 9.90 Å². The molecule has 0 aromatic rings. The van der Waals surface area contributed by atoms with Crippen LogP contribution < -0.4 is 0 Å². The quantitative estimate of drug-likeness (QED) is 0.589. The number of aliphatic hydroxyl groups is 1. The number of amides is 1. The van der Waals surface area contributed by atoms with Gasteiger partial charge in [0.05, 0.1) is 12.6 Å². The molecule has 1 heterocycles. The maximum atomic E-state index is 10.4. The fraction of sp³-hybridized carbons (Fsp3) is 0.833. The normalized spacial score (nSPS) is 32.0. The van der Waals surface area contributed by atoms with Gasteiger partial charge < -0.3 is 15.1 Å². The third-order valence-electron chi connectivity index (χ3n) is 1.77. The fourth-order valence-corrected chi connectivity index (χ4v) is 1.45. The van der Waals surface area contributed by atoms with Gasteiger partial charge in [0.1, 0.15) is 0 Å². The van der Waals surface area contributed by atoms with Crippen molar-refractivity contribution in [2.24, 2.45) is 0 Å². The van der Waals surface area contributed by atoms with E-state index in [1.165, 1.54) is 4.90 Å². The van der Waals surface area contributed by atoms with Crippen LogP contribution in [0.25, 0.3) is 0 Å². The minimum absolute atomic E-state index is 0.0399. The zero-order valence-corrected chi connectivity index (χ0v) is 7.49. The minimum atomic E-state index is -0.955. The van der Waals surface area contributed by atoms with Crippen molar-refractivity contribution in [3.8, 4) is 0 Å². The Morgan fingerprint density at radius 3 is 2.73 bits per heavy atom. The predicted octanol–water partition coefficient (Wildman–Crippen LogP) is 0.494. The molecule has 1 fully saturated rings. The first-order chi connectivity index (χ1) is 5.11. The second-order valence-electron chi connectivity index (χ2n) is 2.60. The van der Waals surface area contributed by atoms with Gasteiger partial charge in [-0.05, 0) is 6.42 Å². The molecule has 64 valence electrons. The van der Waals surface area contributed by atoms with Gasteiger partial charge >= 0.3 is 6.09 Å². The lowest BCUT2D eigenvalue weighted by Crippen LogP contribution is -2.46. The molecule has 2 atom stereocenters. The van der Waals surface area contributed by atoms with E-state index in [1.807, 2.05) is 0 Å². The number of piperidine rings is 1. The highest BCUT2D eigenvalue weighted by molar-refractivity contribution is 9.09. The Morgan fingerprint density at radius 1 is 1.64 bits per heavy atom. The maximum absolute atomic E-state index is 10.4. The second kappa shape index (κ2) is 3.40. The first-order valence-electron chi connectivity index (χ1n) is 3.41. The summed E-state index contributed by atoms with van der Waals surface area (Å²) in [4.78, 5) is 11.7. The van der Waals surface area contributed by atoms with Gasteiger partial charge in [-0.3, -0.25) is 0 Å². The van der Waals surface area contributed by atoms with Crippen molar-refractivity contribution >= 4 is 22.0 Å². The lowest BCUT2D eigenvalue weighted by atomic mass is 10.1. The van der Waals surface area contributed by atoms with E-state index >= 15 is 0 Å². The summed E-state index contributed by atoms with van der Waals surface area (Å²) < 4.78 is 0. The summed E-state index contributed by atoms with van der Waals surface area (Å²) in [6.45, 7) is 0.716. The fourth-order valence-electron chi connectivity index (χ4n) is 1.08. The number of rotatable bonds is 0. The van der Waals surface area contributed by atoms with Crippen LogP contribution in [0.15, 0.2) is 0 Å². The third kappa shape index (κ3) is 2.07. The van der Waals surface area contributed by atoms with E-state index < -0.39 is 12.2 Å². The molecule has 0 bridgehead atoms. The van der Waals surface area contributed by atoms with Crippen LogP contribution in [-0.4, -0.2) is 45.2 Å². The summed E-state index contributed by atoms with van der Waals surface area (Å²) in [7, 11) is 0. The predicted molar refractivity (Wildman–Crippen MR) is 42.9 cm³/mol. The van der Waals surface area contributed by atoms with Crippen molar-refractivity contribution in [1.29, 1.82) is 0 Å². The van der Waals surface area contributed by atoms with Crippen molar-refractivity contribution in [3.05, 3.63) is 0 Å². The van der Waals surface area contributed by atoms with E-state index in [1.54, 1.807) is 0 Å². The number of carboxylic acid groups (broad SMARTS) is 1. The summed E-state index contributed by atoms with van der Waals surface area (Å²) in [6.07, 6.45) is -0.851. The van der Waals surface area contributed by atoms with Crippen molar-refractivity contribution in [2.75, 3.05) is 13.1 Å². The van der Waals surface area contributed by atoms with E-state index in [0.717, 1.165) is 0 Å². The average Bonchev–Trinajstić information content (AvgIpc) is 1.94. The molecule has 1 saturated heterocycles. The first-order valence-corrected chi connectivity index (χ1v) is 4.33. The van der Waals surface area contributed by atoms with Crippen molar-refractivity contribution < 1.29 is 15.0 Å². The Balaban J connectivity index is 2.46. The molecule has 1 amide bonds. The van der Waals surface area contributed by atoms with E-state index in [-0.39, 0.29) is 11.4 Å². The Hall–Kier alpha value is -0.290. The summed E-state index contributed by atoms with van der Waals surface area (Å²) >= 11 is 3.26. The Morgan fingerprint density at radius 2 is 2.27 bits per heavy atom. The van der Waals surface area contributed by atoms with Gasteiger partial charge in [-0.25, -0.2) is 4.79 Å². The first kappa shape index (κ1) is 8.80. The maximum Gasteiger partial charge on any atom is 0.407 e. The number of nitrogens with zero attached hydrogens (tertiary/aromatic N) is 1. The summed E-state index contributed by atoms with van der Waals surface area (Å²) in [5.74, 6) is 0. The number of carbonyl (C=O) groups is 1. The van der Waals surface area contributed by atoms with Gasteiger partial charge in [0.25, 0.3) is 0 Å². The molecule has 1 aliphatic heterocycles. The van der Waals surface area contributed by atoms with Crippen LogP contribution in [0.4, 0.5) is 4.79 Å². The number of aliphatic hydroxyl groups excluding tert-OH is 1. The third-order valence-corrected chi connectivity index (χ3v) is 2.84. The topological polar surface area (TPSA) is 60.8 Å². The van der Waals surface area contributed by atoms with E-state index in [2.05, 4.69) is 15.9 Å². The van der Waals surface area contributed by atoms with Crippen LogP contribution in [0.2, 0.25) is 0 Å². The molecule has 0 spiro atoms. The number of β-amino-alcohol motifs (C(OH)–C–C–N with tert-alkyl or cyclic N) is 1. The molecular formula is C6H10BrNO3. The number of hydrogen-bond acceptors (Lipinski definition) is 2. The minimum Gasteiger partial charge on any atom is -0.465 e. The zero-order chi connectivity index (χ0) is 8.43. The van der Waals surface area contributed by atoms with Crippen LogP contribution in [0, 0.1) is 0 Å². The Bertz CT molecular complexity index is 164. The summed E-state index contributed by atoms with van der Waals surface area (Å²) in [5.41, 5.74) is 0.